The fraction of sp³-hybridized carbons (Fsp3) is 0.960. The number of rotatable bonds is 11. The standard InChI is InChI=1S/C25H48O3/c1-2-3-4-5-6-7-8-12-15-21-25(26)28-24-19-14-11-9-10-13-17-22-27-23-18-16-20-24/h24H,2-23H2,1H3. The molecule has 0 N–H and O–H groups in total. The van der Waals surface area contributed by atoms with Gasteiger partial charge in [-0.05, 0) is 44.9 Å². The van der Waals surface area contributed by atoms with E-state index < -0.39 is 0 Å². The Morgan fingerprint density at radius 1 is 0.714 bits per heavy atom. The van der Waals surface area contributed by atoms with Crippen molar-refractivity contribution in [3.8, 4) is 0 Å². The van der Waals surface area contributed by atoms with Crippen LogP contribution in [0.15, 0.2) is 0 Å². The normalized spacial score (nSPS) is 20.4. The molecule has 0 spiro atoms. The highest BCUT2D eigenvalue weighted by Gasteiger charge is 2.14. The lowest BCUT2D eigenvalue weighted by Gasteiger charge is -2.18. The van der Waals surface area contributed by atoms with Crippen LogP contribution >= 0.6 is 0 Å². The van der Waals surface area contributed by atoms with Crippen LogP contribution in [-0.2, 0) is 14.3 Å². The summed E-state index contributed by atoms with van der Waals surface area (Å²) in [7, 11) is 0. The summed E-state index contributed by atoms with van der Waals surface area (Å²) in [6, 6.07) is 0. The first-order valence-electron chi connectivity index (χ1n) is 12.6. The Bertz CT molecular complexity index is 329. The number of hydrogen-bond acceptors (Lipinski definition) is 3. The molecule has 0 aromatic rings. The number of unbranched alkanes of at least 4 members (excludes halogenated alkanes) is 8. The van der Waals surface area contributed by atoms with Crippen molar-refractivity contribution in [3.05, 3.63) is 0 Å². The van der Waals surface area contributed by atoms with Crippen LogP contribution in [0.4, 0.5) is 0 Å². The molecular weight excluding hydrogens is 348 g/mol. The Balaban J connectivity index is 2.10. The third-order valence-electron chi connectivity index (χ3n) is 5.91. The molecular formula is C25H48O3. The monoisotopic (exact) mass is 396 g/mol. The number of hydrogen-bond donors (Lipinski definition) is 0. The van der Waals surface area contributed by atoms with Gasteiger partial charge in [-0.1, -0.05) is 84.0 Å². The third-order valence-corrected chi connectivity index (χ3v) is 5.91. The number of esters is 1. The van der Waals surface area contributed by atoms with E-state index in [1.165, 1.54) is 89.9 Å². The maximum atomic E-state index is 12.2. The minimum Gasteiger partial charge on any atom is -0.462 e. The van der Waals surface area contributed by atoms with Crippen LogP contribution in [0, 0.1) is 0 Å². The second-order valence-electron chi connectivity index (χ2n) is 8.71. The molecule has 0 aromatic heterocycles. The third kappa shape index (κ3) is 16.4. The Kier molecular flexibility index (Phi) is 17.9. The van der Waals surface area contributed by atoms with Crippen molar-refractivity contribution >= 4 is 5.97 Å². The van der Waals surface area contributed by atoms with Crippen LogP contribution in [-0.4, -0.2) is 25.3 Å². The van der Waals surface area contributed by atoms with Crippen LogP contribution in [0.25, 0.3) is 0 Å². The second kappa shape index (κ2) is 19.7. The summed E-state index contributed by atoms with van der Waals surface area (Å²) in [6.07, 6.45) is 24.1. The molecule has 1 aliphatic rings. The maximum absolute atomic E-state index is 12.2. The Labute approximate surface area is 175 Å². The molecule has 1 unspecified atom stereocenters. The molecule has 3 nitrogen and oxygen atoms in total. The van der Waals surface area contributed by atoms with Gasteiger partial charge in [-0.3, -0.25) is 4.79 Å². The van der Waals surface area contributed by atoms with Crippen LogP contribution < -0.4 is 0 Å². The average molecular weight is 397 g/mol. The summed E-state index contributed by atoms with van der Waals surface area (Å²) in [5, 5.41) is 0. The van der Waals surface area contributed by atoms with Crippen LogP contribution in [0.5, 0.6) is 0 Å². The van der Waals surface area contributed by atoms with Gasteiger partial charge >= 0.3 is 5.97 Å². The highest BCUT2D eigenvalue weighted by atomic mass is 16.5. The van der Waals surface area contributed by atoms with E-state index in [2.05, 4.69) is 6.92 Å². The zero-order valence-corrected chi connectivity index (χ0v) is 18.9. The molecule has 0 aromatic carbocycles. The zero-order valence-electron chi connectivity index (χ0n) is 18.9. The highest BCUT2D eigenvalue weighted by Crippen LogP contribution is 2.17. The van der Waals surface area contributed by atoms with Gasteiger partial charge in [-0.25, -0.2) is 0 Å². The Morgan fingerprint density at radius 2 is 1.21 bits per heavy atom. The fourth-order valence-corrected chi connectivity index (χ4v) is 4.05. The maximum Gasteiger partial charge on any atom is 0.306 e. The molecule has 3 heteroatoms. The SMILES string of the molecule is CCCCCCCCCCCC(=O)OC1CCCCCCCCOCCCC1. The van der Waals surface area contributed by atoms with Crippen molar-refractivity contribution in [2.75, 3.05) is 13.2 Å². The molecule has 1 aliphatic heterocycles. The summed E-state index contributed by atoms with van der Waals surface area (Å²) < 4.78 is 11.5. The molecule has 1 saturated heterocycles. The zero-order chi connectivity index (χ0) is 20.1. The van der Waals surface area contributed by atoms with Crippen molar-refractivity contribution < 1.29 is 14.3 Å². The highest BCUT2D eigenvalue weighted by molar-refractivity contribution is 5.69. The summed E-state index contributed by atoms with van der Waals surface area (Å²) in [5.41, 5.74) is 0. The van der Waals surface area contributed by atoms with Crippen molar-refractivity contribution in [1.82, 2.24) is 0 Å². The van der Waals surface area contributed by atoms with E-state index in [9.17, 15) is 4.79 Å². The first kappa shape index (κ1) is 25.5. The van der Waals surface area contributed by atoms with E-state index in [4.69, 9.17) is 9.47 Å². The van der Waals surface area contributed by atoms with Gasteiger partial charge < -0.3 is 9.47 Å². The van der Waals surface area contributed by atoms with Gasteiger partial charge in [0.25, 0.3) is 0 Å². The number of ether oxygens (including phenoxy) is 2. The fourth-order valence-electron chi connectivity index (χ4n) is 4.05. The minimum atomic E-state index is 0.0327. The van der Waals surface area contributed by atoms with Gasteiger partial charge in [0.2, 0.25) is 0 Å². The molecule has 166 valence electrons. The van der Waals surface area contributed by atoms with Gasteiger partial charge in [0.15, 0.2) is 0 Å². The number of carbonyl (C=O) groups is 1. The molecule has 28 heavy (non-hydrogen) atoms. The first-order chi connectivity index (χ1) is 13.8. The summed E-state index contributed by atoms with van der Waals surface area (Å²) in [5.74, 6) is 0.0327. The van der Waals surface area contributed by atoms with Gasteiger partial charge in [-0.2, -0.15) is 0 Å². The van der Waals surface area contributed by atoms with Crippen molar-refractivity contribution in [1.29, 1.82) is 0 Å². The Hall–Kier alpha value is -0.570. The smallest absolute Gasteiger partial charge is 0.306 e. The molecule has 0 saturated carbocycles. The molecule has 0 aliphatic carbocycles. The summed E-state index contributed by atoms with van der Waals surface area (Å²) in [4.78, 5) is 12.2. The molecule has 0 radical (unpaired) electrons. The van der Waals surface area contributed by atoms with Crippen molar-refractivity contribution in [2.45, 2.75) is 141 Å². The van der Waals surface area contributed by atoms with E-state index >= 15 is 0 Å². The predicted octanol–water partition coefficient (Wildman–Crippen LogP) is 7.75. The van der Waals surface area contributed by atoms with Crippen LogP contribution in [0.2, 0.25) is 0 Å². The quantitative estimate of drug-likeness (QED) is 0.264. The van der Waals surface area contributed by atoms with Gasteiger partial charge in [0.1, 0.15) is 6.10 Å². The molecule has 1 fully saturated rings. The van der Waals surface area contributed by atoms with Gasteiger partial charge in [0.05, 0.1) is 0 Å². The van der Waals surface area contributed by atoms with Crippen molar-refractivity contribution in [3.63, 3.8) is 0 Å². The van der Waals surface area contributed by atoms with Crippen molar-refractivity contribution in [2.24, 2.45) is 0 Å². The largest absolute Gasteiger partial charge is 0.462 e. The lowest BCUT2D eigenvalue weighted by atomic mass is 10.0. The molecule has 0 bridgehead atoms. The molecule has 1 rings (SSSR count). The van der Waals surface area contributed by atoms with Crippen LogP contribution in [0.3, 0.4) is 0 Å². The van der Waals surface area contributed by atoms with E-state index in [0.29, 0.717) is 6.42 Å². The van der Waals surface area contributed by atoms with E-state index in [0.717, 1.165) is 45.3 Å². The summed E-state index contributed by atoms with van der Waals surface area (Å²) >= 11 is 0. The average Bonchev–Trinajstić information content (AvgIpc) is 2.69. The molecule has 1 heterocycles. The second-order valence-corrected chi connectivity index (χ2v) is 8.71. The van der Waals surface area contributed by atoms with E-state index in [1.54, 1.807) is 0 Å². The molecule has 1 atom stereocenters. The van der Waals surface area contributed by atoms with E-state index in [1.807, 2.05) is 0 Å². The lowest BCUT2D eigenvalue weighted by molar-refractivity contribution is -0.150. The number of carbonyl (C=O) groups excluding carboxylic acids is 1. The predicted molar refractivity (Wildman–Crippen MR) is 119 cm³/mol. The topological polar surface area (TPSA) is 35.5 Å². The summed E-state index contributed by atoms with van der Waals surface area (Å²) in [6.45, 7) is 4.04. The lowest BCUT2D eigenvalue weighted by Crippen LogP contribution is -2.18. The molecule has 0 amide bonds. The first-order valence-corrected chi connectivity index (χ1v) is 12.6. The minimum absolute atomic E-state index is 0.0327. The Morgan fingerprint density at radius 3 is 1.89 bits per heavy atom. The van der Waals surface area contributed by atoms with Gasteiger partial charge in [-0.15, -0.1) is 0 Å². The van der Waals surface area contributed by atoms with Gasteiger partial charge in [0, 0.05) is 19.6 Å². The van der Waals surface area contributed by atoms with E-state index in [-0.39, 0.29) is 12.1 Å². The van der Waals surface area contributed by atoms with Crippen LogP contribution in [0.1, 0.15) is 135 Å².